The molecule has 1 heterocycles. The van der Waals surface area contributed by atoms with Crippen molar-refractivity contribution in [1.82, 2.24) is 15.1 Å². The van der Waals surface area contributed by atoms with Crippen LogP contribution >= 0.6 is 12.2 Å². The van der Waals surface area contributed by atoms with Crippen molar-refractivity contribution >= 4 is 29.0 Å². The topological polar surface area (TPSA) is 78.7 Å². The molecule has 1 aliphatic rings. The highest BCUT2D eigenvalue weighted by Gasteiger charge is 2.25. The van der Waals surface area contributed by atoms with Crippen molar-refractivity contribution in [2.45, 2.75) is 25.8 Å². The normalized spacial score (nSPS) is 19.9. The molecule has 0 aromatic heterocycles. The van der Waals surface area contributed by atoms with E-state index in [9.17, 15) is 9.59 Å². The summed E-state index contributed by atoms with van der Waals surface area (Å²) in [7, 11) is 1.74. The van der Waals surface area contributed by atoms with Crippen LogP contribution in [0.1, 0.15) is 19.8 Å². The van der Waals surface area contributed by atoms with Crippen LogP contribution in [0.4, 0.5) is 0 Å². The van der Waals surface area contributed by atoms with Crippen molar-refractivity contribution in [3.8, 4) is 0 Å². The van der Waals surface area contributed by atoms with Crippen LogP contribution in [0.25, 0.3) is 0 Å². The maximum Gasteiger partial charge on any atom is 0.237 e. The predicted octanol–water partition coefficient (Wildman–Crippen LogP) is -0.669. The number of piperazine rings is 1. The molecule has 1 fully saturated rings. The lowest BCUT2D eigenvalue weighted by molar-refractivity contribution is -0.133. The number of carbonyl (C=O) groups excluding carboxylic acids is 2. The Morgan fingerprint density at radius 3 is 2.89 bits per heavy atom. The van der Waals surface area contributed by atoms with E-state index in [2.05, 4.69) is 5.32 Å². The highest BCUT2D eigenvalue weighted by Crippen LogP contribution is 2.05. The maximum absolute atomic E-state index is 11.9. The number of thiocarbonyl (C=S) groups is 1. The molecule has 19 heavy (non-hydrogen) atoms. The molecule has 1 saturated heterocycles. The molecule has 0 aromatic carbocycles. The summed E-state index contributed by atoms with van der Waals surface area (Å²) in [4.78, 5) is 27.5. The molecule has 1 atom stereocenters. The quantitative estimate of drug-likeness (QED) is 0.633. The standard InChI is InChI=1S/C12H22N4O2S/c1-9-12(18)14-5-8-16(9)7-4-11(17)15(2)6-3-10(13)19/h9H,3-8H2,1-2H3,(H2,13,19)(H,14,18). The summed E-state index contributed by atoms with van der Waals surface area (Å²) in [5.41, 5.74) is 5.41. The minimum atomic E-state index is -0.163. The first kappa shape index (κ1) is 15.8. The highest BCUT2D eigenvalue weighted by molar-refractivity contribution is 7.80. The fourth-order valence-corrected chi connectivity index (χ4v) is 2.06. The Morgan fingerprint density at radius 1 is 1.58 bits per heavy atom. The number of rotatable bonds is 6. The average molecular weight is 286 g/mol. The second-order valence-electron chi connectivity index (χ2n) is 4.78. The van der Waals surface area contributed by atoms with Crippen LogP contribution in [0.5, 0.6) is 0 Å². The van der Waals surface area contributed by atoms with E-state index in [1.807, 2.05) is 11.8 Å². The first-order chi connectivity index (χ1) is 8.91. The number of nitrogens with zero attached hydrogens (tertiary/aromatic N) is 2. The van der Waals surface area contributed by atoms with Crippen LogP contribution in [0.3, 0.4) is 0 Å². The maximum atomic E-state index is 11.9. The molecule has 7 heteroatoms. The van der Waals surface area contributed by atoms with Gasteiger partial charge in [0.1, 0.15) is 0 Å². The Bertz CT molecular complexity index is 362. The van der Waals surface area contributed by atoms with Crippen molar-refractivity contribution in [3.63, 3.8) is 0 Å². The summed E-state index contributed by atoms with van der Waals surface area (Å²) in [6.07, 6.45) is 0.950. The van der Waals surface area contributed by atoms with Crippen LogP contribution in [-0.2, 0) is 9.59 Å². The van der Waals surface area contributed by atoms with Crippen LogP contribution < -0.4 is 11.1 Å². The molecule has 108 valence electrons. The van der Waals surface area contributed by atoms with Gasteiger partial charge in [-0.05, 0) is 6.92 Å². The van der Waals surface area contributed by atoms with Gasteiger partial charge in [0.25, 0.3) is 0 Å². The monoisotopic (exact) mass is 286 g/mol. The Labute approximate surface area is 119 Å². The molecule has 2 amide bonds. The number of hydrogen-bond donors (Lipinski definition) is 2. The van der Waals surface area contributed by atoms with E-state index in [4.69, 9.17) is 18.0 Å². The van der Waals surface area contributed by atoms with Gasteiger partial charge in [-0.1, -0.05) is 12.2 Å². The van der Waals surface area contributed by atoms with Crippen LogP contribution in [-0.4, -0.2) is 65.9 Å². The molecule has 0 aromatic rings. The van der Waals surface area contributed by atoms with Gasteiger partial charge in [-0.3, -0.25) is 14.5 Å². The molecule has 1 aliphatic heterocycles. The summed E-state index contributed by atoms with van der Waals surface area (Å²) < 4.78 is 0. The van der Waals surface area contributed by atoms with Crippen molar-refractivity contribution in [2.24, 2.45) is 5.73 Å². The Balaban J connectivity index is 2.32. The molecule has 0 radical (unpaired) electrons. The van der Waals surface area contributed by atoms with Gasteiger partial charge >= 0.3 is 0 Å². The van der Waals surface area contributed by atoms with Gasteiger partial charge in [0.15, 0.2) is 0 Å². The third kappa shape index (κ3) is 5.12. The molecule has 0 bridgehead atoms. The molecule has 1 rings (SSSR count). The Kier molecular flexibility index (Phi) is 6.17. The summed E-state index contributed by atoms with van der Waals surface area (Å²) >= 11 is 4.78. The van der Waals surface area contributed by atoms with E-state index < -0.39 is 0 Å². The smallest absolute Gasteiger partial charge is 0.237 e. The van der Waals surface area contributed by atoms with Crippen molar-refractivity contribution in [3.05, 3.63) is 0 Å². The zero-order valence-electron chi connectivity index (χ0n) is 11.5. The summed E-state index contributed by atoms with van der Waals surface area (Å²) in [6, 6.07) is -0.163. The number of carbonyl (C=O) groups is 2. The number of nitrogens with one attached hydrogen (secondary N) is 1. The molecule has 0 saturated carbocycles. The van der Waals surface area contributed by atoms with Gasteiger partial charge in [0, 0.05) is 46.1 Å². The SMILES string of the molecule is CC1C(=O)NCCN1CCC(=O)N(C)CCC(N)=S. The fourth-order valence-electron chi connectivity index (χ4n) is 1.97. The lowest BCUT2D eigenvalue weighted by Crippen LogP contribution is -2.54. The summed E-state index contributed by atoms with van der Waals surface area (Å²) in [5, 5.41) is 2.80. The first-order valence-corrected chi connectivity index (χ1v) is 6.86. The van der Waals surface area contributed by atoms with Crippen molar-refractivity contribution in [1.29, 1.82) is 0 Å². The summed E-state index contributed by atoms with van der Waals surface area (Å²) in [5.74, 6) is 0.0787. The molecule has 6 nitrogen and oxygen atoms in total. The molecule has 1 unspecified atom stereocenters. The average Bonchev–Trinajstić information content (AvgIpc) is 2.37. The number of amides is 2. The Hall–Kier alpha value is -1.21. The lowest BCUT2D eigenvalue weighted by atomic mass is 10.2. The molecular formula is C12H22N4O2S. The zero-order valence-corrected chi connectivity index (χ0v) is 12.3. The minimum Gasteiger partial charge on any atom is -0.393 e. The van der Waals surface area contributed by atoms with E-state index in [1.54, 1.807) is 11.9 Å². The van der Waals surface area contributed by atoms with E-state index in [-0.39, 0.29) is 17.9 Å². The molecule has 0 spiro atoms. The summed E-state index contributed by atoms with van der Waals surface area (Å²) in [6.45, 7) is 4.44. The minimum absolute atomic E-state index is 0.0283. The molecular weight excluding hydrogens is 264 g/mol. The van der Waals surface area contributed by atoms with E-state index in [0.29, 0.717) is 37.5 Å². The first-order valence-electron chi connectivity index (χ1n) is 6.46. The zero-order chi connectivity index (χ0) is 14.4. The van der Waals surface area contributed by atoms with Crippen molar-refractivity contribution in [2.75, 3.05) is 33.2 Å². The number of hydrogen-bond acceptors (Lipinski definition) is 4. The fraction of sp³-hybridized carbons (Fsp3) is 0.750. The van der Waals surface area contributed by atoms with Gasteiger partial charge < -0.3 is 16.0 Å². The largest absolute Gasteiger partial charge is 0.393 e. The number of nitrogens with two attached hydrogens (primary N) is 1. The lowest BCUT2D eigenvalue weighted by Gasteiger charge is -2.32. The van der Waals surface area contributed by atoms with Gasteiger partial charge in [0.05, 0.1) is 11.0 Å². The van der Waals surface area contributed by atoms with Gasteiger partial charge in [-0.2, -0.15) is 0 Å². The van der Waals surface area contributed by atoms with E-state index >= 15 is 0 Å². The van der Waals surface area contributed by atoms with E-state index in [0.717, 1.165) is 6.54 Å². The van der Waals surface area contributed by atoms with Crippen LogP contribution in [0.15, 0.2) is 0 Å². The van der Waals surface area contributed by atoms with E-state index in [1.165, 1.54) is 0 Å². The second kappa shape index (κ2) is 7.40. The molecule has 3 N–H and O–H groups in total. The third-order valence-electron chi connectivity index (χ3n) is 3.36. The van der Waals surface area contributed by atoms with Gasteiger partial charge in [0.2, 0.25) is 11.8 Å². The van der Waals surface area contributed by atoms with Gasteiger partial charge in [-0.25, -0.2) is 0 Å². The predicted molar refractivity (Wildman–Crippen MR) is 77.7 cm³/mol. The molecule has 0 aliphatic carbocycles. The second-order valence-corrected chi connectivity index (χ2v) is 5.31. The third-order valence-corrected chi connectivity index (χ3v) is 3.56. The van der Waals surface area contributed by atoms with Crippen LogP contribution in [0, 0.1) is 0 Å². The van der Waals surface area contributed by atoms with Crippen molar-refractivity contribution < 1.29 is 9.59 Å². The Morgan fingerprint density at radius 2 is 2.26 bits per heavy atom. The van der Waals surface area contributed by atoms with Gasteiger partial charge in [-0.15, -0.1) is 0 Å². The van der Waals surface area contributed by atoms with Crippen LogP contribution in [0.2, 0.25) is 0 Å². The highest BCUT2D eigenvalue weighted by atomic mass is 32.1.